The van der Waals surface area contributed by atoms with Crippen molar-refractivity contribution in [1.82, 2.24) is 5.32 Å². The highest BCUT2D eigenvalue weighted by Gasteiger charge is 2.22. The van der Waals surface area contributed by atoms with Crippen LogP contribution in [0.25, 0.3) is 0 Å². The summed E-state index contributed by atoms with van der Waals surface area (Å²) >= 11 is 0. The van der Waals surface area contributed by atoms with Crippen LogP contribution < -0.4 is 15.1 Å². The molecule has 124 valence electrons. The van der Waals surface area contributed by atoms with E-state index >= 15 is 0 Å². The Morgan fingerprint density at radius 3 is 2.46 bits per heavy atom. The summed E-state index contributed by atoms with van der Waals surface area (Å²) in [5, 5.41) is 2.77. The van der Waals surface area contributed by atoms with Gasteiger partial charge in [-0.2, -0.15) is 0 Å². The van der Waals surface area contributed by atoms with Crippen molar-refractivity contribution >= 4 is 23.3 Å². The van der Waals surface area contributed by atoms with Crippen LogP contribution in [-0.2, 0) is 0 Å². The van der Waals surface area contributed by atoms with Crippen LogP contribution in [0.1, 0.15) is 21.5 Å². The van der Waals surface area contributed by atoms with E-state index in [1.54, 1.807) is 29.0 Å². The first-order chi connectivity index (χ1) is 11.5. The molecule has 3 rings (SSSR count). The van der Waals surface area contributed by atoms with E-state index in [0.29, 0.717) is 18.7 Å². The summed E-state index contributed by atoms with van der Waals surface area (Å²) < 4.78 is 0. The van der Waals surface area contributed by atoms with E-state index in [1.807, 2.05) is 38.1 Å². The minimum Gasteiger partial charge on any atom is -0.336 e. The smallest absolute Gasteiger partial charge is 0.321 e. The molecule has 2 aromatic rings. The van der Waals surface area contributed by atoms with Crippen molar-refractivity contribution in [1.29, 1.82) is 0 Å². The fourth-order valence-corrected chi connectivity index (χ4v) is 2.98. The number of rotatable bonds is 3. The summed E-state index contributed by atoms with van der Waals surface area (Å²) in [6.45, 7) is 5.27. The highest BCUT2D eigenvalue weighted by Crippen LogP contribution is 2.22. The van der Waals surface area contributed by atoms with Gasteiger partial charge in [-0.1, -0.05) is 12.1 Å². The van der Waals surface area contributed by atoms with Gasteiger partial charge in [0.15, 0.2) is 0 Å². The van der Waals surface area contributed by atoms with Crippen LogP contribution in [0.5, 0.6) is 0 Å². The first-order valence-corrected chi connectivity index (χ1v) is 7.97. The van der Waals surface area contributed by atoms with Crippen LogP contribution >= 0.6 is 0 Å². The van der Waals surface area contributed by atoms with Crippen LogP contribution in [0.3, 0.4) is 0 Å². The highest BCUT2D eigenvalue weighted by molar-refractivity contribution is 6.07. The minimum atomic E-state index is -0.123. The predicted octanol–water partition coefficient (Wildman–Crippen LogP) is 3.11. The van der Waals surface area contributed by atoms with Gasteiger partial charge in [-0.05, 0) is 55.3 Å². The normalized spacial score (nSPS) is 13.8. The first kappa shape index (κ1) is 16.1. The highest BCUT2D eigenvalue weighted by atomic mass is 16.2. The Balaban J connectivity index is 1.88. The molecular formula is C19H21N3O2. The van der Waals surface area contributed by atoms with E-state index in [9.17, 15) is 9.59 Å². The molecule has 2 aromatic carbocycles. The molecule has 0 radical (unpaired) electrons. The molecule has 1 aliphatic heterocycles. The molecule has 0 bridgehead atoms. The number of nitrogens with one attached hydrogen (secondary N) is 1. The third-order valence-electron chi connectivity index (χ3n) is 4.16. The topological polar surface area (TPSA) is 52.7 Å². The Morgan fingerprint density at radius 2 is 1.83 bits per heavy atom. The van der Waals surface area contributed by atoms with E-state index < -0.39 is 0 Å². The maximum atomic E-state index is 12.8. The van der Waals surface area contributed by atoms with E-state index in [1.165, 1.54) is 0 Å². The van der Waals surface area contributed by atoms with E-state index in [-0.39, 0.29) is 11.9 Å². The molecule has 1 fully saturated rings. The average Bonchev–Trinajstić information content (AvgIpc) is 2.99. The van der Waals surface area contributed by atoms with Crippen LogP contribution in [0.2, 0.25) is 0 Å². The van der Waals surface area contributed by atoms with Crippen molar-refractivity contribution in [3.63, 3.8) is 0 Å². The summed E-state index contributed by atoms with van der Waals surface area (Å²) in [6, 6.07) is 13.1. The molecule has 0 aromatic heterocycles. The Morgan fingerprint density at radius 1 is 1.12 bits per heavy atom. The van der Waals surface area contributed by atoms with Gasteiger partial charge in [0.25, 0.3) is 5.91 Å². The second kappa shape index (κ2) is 6.35. The number of carbonyl (C=O) groups excluding carboxylic acids is 2. The Labute approximate surface area is 141 Å². The van der Waals surface area contributed by atoms with Crippen LogP contribution in [0.15, 0.2) is 42.5 Å². The number of hydrogen-bond donors (Lipinski definition) is 1. The van der Waals surface area contributed by atoms with E-state index in [4.69, 9.17) is 0 Å². The zero-order valence-electron chi connectivity index (χ0n) is 14.2. The standard InChI is InChI=1S/C19H21N3O2/c1-13-9-14(2)11-17(10-13)21(3)18(23)15-5-4-6-16(12-15)22-8-7-20-19(22)24/h4-6,9-12H,7-8H2,1-3H3,(H,20,24). The van der Waals surface area contributed by atoms with Gasteiger partial charge >= 0.3 is 6.03 Å². The number of benzene rings is 2. The molecule has 1 aliphatic rings. The minimum absolute atomic E-state index is 0.0959. The number of anilines is 2. The Bertz CT molecular complexity index is 781. The van der Waals surface area contributed by atoms with Crippen molar-refractivity contribution < 1.29 is 9.59 Å². The molecule has 5 nitrogen and oxygen atoms in total. The summed E-state index contributed by atoms with van der Waals surface area (Å²) in [5.74, 6) is -0.0959. The van der Waals surface area contributed by atoms with E-state index in [0.717, 1.165) is 22.5 Å². The Hall–Kier alpha value is -2.82. The molecule has 0 saturated carbocycles. The number of hydrogen-bond acceptors (Lipinski definition) is 2. The monoisotopic (exact) mass is 323 g/mol. The van der Waals surface area contributed by atoms with Gasteiger partial charge in [-0.3, -0.25) is 9.69 Å². The lowest BCUT2D eigenvalue weighted by Crippen LogP contribution is -2.29. The van der Waals surface area contributed by atoms with Gasteiger partial charge in [0.05, 0.1) is 0 Å². The van der Waals surface area contributed by atoms with Crippen LogP contribution in [-0.4, -0.2) is 32.1 Å². The molecule has 3 amide bonds. The predicted molar refractivity (Wildman–Crippen MR) is 95.8 cm³/mol. The molecule has 1 heterocycles. The largest absolute Gasteiger partial charge is 0.336 e. The van der Waals surface area contributed by atoms with Crippen molar-refractivity contribution in [2.75, 3.05) is 29.9 Å². The van der Waals surface area contributed by atoms with Gasteiger partial charge in [0.2, 0.25) is 0 Å². The van der Waals surface area contributed by atoms with Gasteiger partial charge in [-0.15, -0.1) is 0 Å². The second-order valence-electron chi connectivity index (χ2n) is 6.14. The van der Waals surface area contributed by atoms with Crippen LogP contribution in [0, 0.1) is 13.8 Å². The summed E-state index contributed by atoms with van der Waals surface area (Å²) in [5.41, 5.74) is 4.40. The molecule has 1 N–H and O–H groups in total. The first-order valence-electron chi connectivity index (χ1n) is 7.97. The SMILES string of the molecule is Cc1cc(C)cc(N(C)C(=O)c2cccc(N3CCNC3=O)c2)c1. The third-order valence-corrected chi connectivity index (χ3v) is 4.16. The van der Waals surface area contributed by atoms with E-state index in [2.05, 4.69) is 11.4 Å². The zero-order chi connectivity index (χ0) is 17.3. The molecule has 1 saturated heterocycles. The number of urea groups is 1. The summed E-state index contributed by atoms with van der Waals surface area (Å²) in [6.07, 6.45) is 0. The molecule has 0 aliphatic carbocycles. The van der Waals surface area contributed by atoms with Crippen molar-refractivity contribution in [3.05, 3.63) is 59.2 Å². The fourth-order valence-electron chi connectivity index (χ4n) is 2.98. The lowest BCUT2D eigenvalue weighted by molar-refractivity contribution is 0.0993. The molecular weight excluding hydrogens is 302 g/mol. The number of aryl methyl sites for hydroxylation is 2. The maximum Gasteiger partial charge on any atom is 0.321 e. The lowest BCUT2D eigenvalue weighted by Gasteiger charge is -2.20. The quantitative estimate of drug-likeness (QED) is 0.943. The van der Waals surface area contributed by atoms with Crippen molar-refractivity contribution in [3.8, 4) is 0 Å². The van der Waals surface area contributed by atoms with Gasteiger partial charge in [-0.25, -0.2) is 4.79 Å². The van der Waals surface area contributed by atoms with Crippen molar-refractivity contribution in [2.24, 2.45) is 0 Å². The number of carbonyl (C=O) groups is 2. The van der Waals surface area contributed by atoms with Gasteiger partial charge in [0, 0.05) is 37.1 Å². The van der Waals surface area contributed by atoms with Crippen LogP contribution in [0.4, 0.5) is 16.2 Å². The molecule has 0 spiro atoms. The molecule has 24 heavy (non-hydrogen) atoms. The molecule has 0 atom stereocenters. The summed E-state index contributed by atoms with van der Waals surface area (Å²) in [4.78, 5) is 27.9. The maximum absolute atomic E-state index is 12.8. The average molecular weight is 323 g/mol. The lowest BCUT2D eigenvalue weighted by atomic mass is 10.1. The molecule has 0 unspecified atom stereocenters. The summed E-state index contributed by atoms with van der Waals surface area (Å²) in [7, 11) is 1.77. The number of nitrogens with zero attached hydrogens (tertiary/aromatic N) is 2. The zero-order valence-corrected chi connectivity index (χ0v) is 14.2. The number of amides is 3. The Kier molecular flexibility index (Phi) is 4.25. The second-order valence-corrected chi connectivity index (χ2v) is 6.14. The van der Waals surface area contributed by atoms with Crippen molar-refractivity contribution in [2.45, 2.75) is 13.8 Å². The third kappa shape index (κ3) is 3.11. The molecule has 5 heteroatoms. The van der Waals surface area contributed by atoms with Gasteiger partial charge in [0.1, 0.15) is 0 Å². The fraction of sp³-hybridized carbons (Fsp3) is 0.263. The van der Waals surface area contributed by atoms with Gasteiger partial charge < -0.3 is 10.2 Å².